The average Bonchev–Trinajstić information content (AvgIpc) is 3.24. The van der Waals surface area contributed by atoms with E-state index in [0.29, 0.717) is 18.7 Å². The Morgan fingerprint density at radius 3 is 2.81 bits per heavy atom. The molecule has 140 valence electrons. The first kappa shape index (κ1) is 16.6. The third kappa shape index (κ3) is 2.59. The van der Waals surface area contributed by atoms with Crippen LogP contribution in [0.5, 0.6) is 5.75 Å². The van der Waals surface area contributed by atoms with Gasteiger partial charge in [0.15, 0.2) is 5.58 Å². The molecule has 1 aromatic heterocycles. The van der Waals surface area contributed by atoms with Gasteiger partial charge in [-0.2, -0.15) is 0 Å². The molecule has 6 heteroatoms. The lowest BCUT2D eigenvalue weighted by Crippen LogP contribution is -2.42. The monoisotopic (exact) mass is 366 g/mol. The van der Waals surface area contributed by atoms with E-state index in [2.05, 4.69) is 11.0 Å². The fraction of sp³-hybridized carbons (Fsp3) is 0.381. The summed E-state index contributed by atoms with van der Waals surface area (Å²) in [7, 11) is 0. The summed E-state index contributed by atoms with van der Waals surface area (Å²) in [6.45, 7) is 3.52. The minimum atomic E-state index is -0.321. The van der Waals surface area contributed by atoms with E-state index in [0.717, 1.165) is 30.9 Å². The number of rotatable bonds is 4. The molecule has 1 saturated heterocycles. The topological polar surface area (TPSA) is 67.8 Å². The minimum absolute atomic E-state index is 0.0943. The van der Waals surface area contributed by atoms with Crippen LogP contribution in [0.1, 0.15) is 11.5 Å². The van der Waals surface area contributed by atoms with Crippen LogP contribution in [-0.4, -0.2) is 47.4 Å². The van der Waals surface area contributed by atoms with Crippen molar-refractivity contribution in [3.8, 4) is 5.75 Å². The van der Waals surface area contributed by atoms with Crippen molar-refractivity contribution in [1.82, 2.24) is 9.47 Å². The molecule has 3 aromatic rings. The van der Waals surface area contributed by atoms with Crippen molar-refractivity contribution in [3.05, 3.63) is 64.6 Å². The summed E-state index contributed by atoms with van der Waals surface area (Å²) >= 11 is 0. The highest BCUT2D eigenvalue weighted by molar-refractivity contribution is 5.72. The lowest BCUT2D eigenvalue weighted by atomic mass is 9.74. The molecule has 0 aliphatic carbocycles. The van der Waals surface area contributed by atoms with Crippen LogP contribution in [0.3, 0.4) is 0 Å². The Kier molecular flexibility index (Phi) is 3.84. The van der Waals surface area contributed by atoms with Crippen LogP contribution in [0.2, 0.25) is 0 Å². The molecule has 1 N–H and O–H groups in total. The van der Waals surface area contributed by atoms with Gasteiger partial charge in [0.2, 0.25) is 0 Å². The van der Waals surface area contributed by atoms with Gasteiger partial charge in [-0.3, -0.25) is 4.57 Å². The van der Waals surface area contributed by atoms with Gasteiger partial charge in [0.25, 0.3) is 0 Å². The Bertz CT molecular complexity index is 1040. The average molecular weight is 366 g/mol. The van der Waals surface area contributed by atoms with Gasteiger partial charge >= 0.3 is 5.76 Å². The first-order chi connectivity index (χ1) is 13.2. The van der Waals surface area contributed by atoms with Gasteiger partial charge in [-0.15, -0.1) is 0 Å². The van der Waals surface area contributed by atoms with Crippen LogP contribution in [0.15, 0.2) is 57.7 Å². The molecule has 6 nitrogen and oxygen atoms in total. The SMILES string of the molecule is O=c1oc2ccccc2n1CCN1CC2c3ccccc3OCC2(CO)C1. The lowest BCUT2D eigenvalue weighted by Gasteiger charge is -2.38. The number of benzene rings is 2. The Morgan fingerprint density at radius 2 is 1.93 bits per heavy atom. The normalized spacial score (nSPS) is 24.6. The molecular weight excluding hydrogens is 344 g/mol. The summed E-state index contributed by atoms with van der Waals surface area (Å²) in [4.78, 5) is 14.5. The van der Waals surface area contributed by atoms with Crippen molar-refractivity contribution in [2.45, 2.75) is 12.5 Å². The first-order valence-electron chi connectivity index (χ1n) is 9.33. The molecular formula is C21H22N2O4. The predicted molar refractivity (Wildman–Crippen MR) is 101 cm³/mol. The molecule has 2 aromatic carbocycles. The molecule has 27 heavy (non-hydrogen) atoms. The van der Waals surface area contributed by atoms with Crippen molar-refractivity contribution in [3.63, 3.8) is 0 Å². The number of likely N-dealkylation sites (tertiary alicyclic amines) is 1. The van der Waals surface area contributed by atoms with Gasteiger partial charge in [-0.05, 0) is 23.8 Å². The lowest BCUT2D eigenvalue weighted by molar-refractivity contribution is 0.0460. The van der Waals surface area contributed by atoms with E-state index in [4.69, 9.17) is 9.15 Å². The quantitative estimate of drug-likeness (QED) is 0.766. The molecule has 5 rings (SSSR count). The first-order valence-corrected chi connectivity index (χ1v) is 9.33. The summed E-state index contributed by atoms with van der Waals surface area (Å²) in [6.07, 6.45) is 0. The number of para-hydroxylation sites is 3. The molecule has 2 unspecified atom stereocenters. The van der Waals surface area contributed by atoms with Crippen molar-refractivity contribution >= 4 is 11.1 Å². The number of nitrogens with zero attached hydrogens (tertiary/aromatic N) is 2. The number of hydrogen-bond acceptors (Lipinski definition) is 5. The van der Waals surface area contributed by atoms with Gasteiger partial charge in [-0.25, -0.2) is 4.79 Å². The summed E-state index contributed by atoms with van der Waals surface area (Å²) in [5.74, 6) is 0.842. The van der Waals surface area contributed by atoms with Crippen LogP contribution < -0.4 is 10.5 Å². The van der Waals surface area contributed by atoms with Crippen molar-refractivity contribution in [2.75, 3.05) is 32.8 Å². The minimum Gasteiger partial charge on any atom is -0.493 e. The predicted octanol–water partition coefficient (Wildman–Crippen LogP) is 2.06. The van der Waals surface area contributed by atoms with Crippen molar-refractivity contribution in [2.24, 2.45) is 5.41 Å². The van der Waals surface area contributed by atoms with E-state index in [9.17, 15) is 9.90 Å². The molecule has 3 heterocycles. The Labute approximate surface area is 156 Å². The van der Waals surface area contributed by atoms with Crippen LogP contribution in [0, 0.1) is 5.41 Å². The maximum atomic E-state index is 12.2. The van der Waals surface area contributed by atoms with Gasteiger partial charge in [0, 0.05) is 37.5 Å². The maximum Gasteiger partial charge on any atom is 0.419 e. The number of hydrogen-bond donors (Lipinski definition) is 1. The second-order valence-corrected chi connectivity index (χ2v) is 7.62. The second-order valence-electron chi connectivity index (χ2n) is 7.62. The zero-order valence-corrected chi connectivity index (χ0v) is 15.0. The highest BCUT2D eigenvalue weighted by Gasteiger charge is 2.50. The van der Waals surface area contributed by atoms with E-state index >= 15 is 0 Å². The third-order valence-electron chi connectivity index (χ3n) is 6.06. The van der Waals surface area contributed by atoms with E-state index in [-0.39, 0.29) is 23.7 Å². The molecule has 0 saturated carbocycles. The highest BCUT2D eigenvalue weighted by Crippen LogP contribution is 2.49. The molecule has 0 radical (unpaired) electrons. The number of ether oxygens (including phenoxy) is 1. The van der Waals surface area contributed by atoms with Gasteiger partial charge in [0.1, 0.15) is 5.75 Å². The Morgan fingerprint density at radius 1 is 1.11 bits per heavy atom. The summed E-state index contributed by atoms with van der Waals surface area (Å²) in [5.41, 5.74) is 2.33. The number of fused-ring (bicyclic) bond motifs is 4. The molecule has 2 atom stereocenters. The molecule has 2 aliphatic heterocycles. The summed E-state index contributed by atoms with van der Waals surface area (Å²) in [5, 5.41) is 10.2. The maximum absolute atomic E-state index is 12.2. The van der Waals surface area contributed by atoms with Crippen LogP contribution in [0.25, 0.3) is 11.1 Å². The summed E-state index contributed by atoms with van der Waals surface area (Å²) < 4.78 is 13.0. The van der Waals surface area contributed by atoms with Gasteiger partial charge in [0.05, 0.1) is 18.7 Å². The fourth-order valence-electron chi connectivity index (χ4n) is 4.61. The van der Waals surface area contributed by atoms with E-state index in [1.807, 2.05) is 42.5 Å². The molecule has 0 amide bonds. The highest BCUT2D eigenvalue weighted by atomic mass is 16.5. The largest absolute Gasteiger partial charge is 0.493 e. The number of oxazole rings is 1. The number of aliphatic hydroxyl groups is 1. The van der Waals surface area contributed by atoms with Crippen LogP contribution >= 0.6 is 0 Å². The smallest absolute Gasteiger partial charge is 0.419 e. The number of aliphatic hydroxyl groups excluding tert-OH is 1. The molecule has 2 aliphatic rings. The molecule has 0 spiro atoms. The molecule has 0 bridgehead atoms. The van der Waals surface area contributed by atoms with Crippen LogP contribution in [-0.2, 0) is 6.54 Å². The zero-order valence-electron chi connectivity index (χ0n) is 15.0. The van der Waals surface area contributed by atoms with E-state index in [1.165, 1.54) is 5.56 Å². The van der Waals surface area contributed by atoms with Crippen molar-refractivity contribution < 1.29 is 14.3 Å². The number of aromatic nitrogens is 1. The Balaban J connectivity index is 1.39. The second kappa shape index (κ2) is 6.25. The molecule has 1 fully saturated rings. The van der Waals surface area contributed by atoms with E-state index in [1.54, 1.807) is 4.57 Å². The standard InChI is InChI=1S/C21H22N2O4/c24-13-21-12-22(11-16(21)15-5-1-3-7-18(15)26-14-21)9-10-23-17-6-2-4-8-19(17)27-20(23)25/h1-8,16,24H,9-14H2. The fourth-order valence-corrected chi connectivity index (χ4v) is 4.61. The van der Waals surface area contributed by atoms with E-state index < -0.39 is 0 Å². The van der Waals surface area contributed by atoms with Crippen LogP contribution in [0.4, 0.5) is 0 Å². The van der Waals surface area contributed by atoms with Gasteiger partial charge < -0.3 is 19.2 Å². The third-order valence-corrected chi connectivity index (χ3v) is 6.06. The zero-order chi connectivity index (χ0) is 18.4. The summed E-state index contributed by atoms with van der Waals surface area (Å²) in [6, 6.07) is 15.6. The Hall–Kier alpha value is -2.57. The van der Waals surface area contributed by atoms with Crippen molar-refractivity contribution in [1.29, 1.82) is 0 Å². The van der Waals surface area contributed by atoms with Gasteiger partial charge in [-0.1, -0.05) is 30.3 Å².